The zero-order valence-electron chi connectivity index (χ0n) is 6.87. The molecule has 0 fully saturated rings. The van der Waals surface area contributed by atoms with Gasteiger partial charge in [0.15, 0.2) is 0 Å². The van der Waals surface area contributed by atoms with Gasteiger partial charge in [0.2, 0.25) is 0 Å². The highest BCUT2D eigenvalue weighted by Crippen LogP contribution is 1.93. The van der Waals surface area contributed by atoms with Gasteiger partial charge >= 0.3 is 5.69 Å². The minimum Gasteiger partial charge on any atom is -0.299 e. The minimum atomic E-state index is -0.162. The van der Waals surface area contributed by atoms with Gasteiger partial charge in [-0.05, 0) is 18.9 Å². The van der Waals surface area contributed by atoms with Gasteiger partial charge in [0.1, 0.15) is 0 Å². The first-order valence-corrected chi connectivity index (χ1v) is 3.83. The van der Waals surface area contributed by atoms with E-state index in [0.717, 1.165) is 12.0 Å². The molecule has 1 heterocycles. The highest BCUT2D eigenvalue weighted by molar-refractivity contribution is 5.02. The van der Waals surface area contributed by atoms with Crippen LogP contribution in [0.3, 0.4) is 0 Å². The van der Waals surface area contributed by atoms with Crippen LogP contribution >= 0.6 is 0 Å². The highest BCUT2D eigenvalue weighted by atomic mass is 16.1. The molecule has 0 radical (unpaired) electrons. The van der Waals surface area contributed by atoms with E-state index < -0.39 is 0 Å². The smallest absolute Gasteiger partial charge is 0.299 e. The van der Waals surface area contributed by atoms with E-state index in [0.29, 0.717) is 6.54 Å². The molecule has 1 aromatic rings. The van der Waals surface area contributed by atoms with Crippen molar-refractivity contribution in [2.45, 2.75) is 26.8 Å². The highest BCUT2D eigenvalue weighted by Gasteiger charge is 1.94. The third kappa shape index (κ3) is 1.67. The summed E-state index contributed by atoms with van der Waals surface area (Å²) in [4.78, 5) is 14.7. The third-order valence-electron chi connectivity index (χ3n) is 1.66. The third-order valence-corrected chi connectivity index (χ3v) is 1.66. The molecule has 0 amide bonds. The second-order valence-electron chi connectivity index (χ2n) is 2.38. The van der Waals surface area contributed by atoms with Gasteiger partial charge < -0.3 is 0 Å². The Morgan fingerprint density at radius 1 is 1.55 bits per heavy atom. The summed E-state index contributed by atoms with van der Waals surface area (Å²) in [5, 5.41) is 0. The number of aromatic nitrogens is 2. The van der Waals surface area contributed by atoms with Crippen molar-refractivity contribution >= 4 is 0 Å². The van der Waals surface area contributed by atoms with E-state index in [4.69, 9.17) is 0 Å². The van der Waals surface area contributed by atoms with E-state index in [-0.39, 0.29) is 5.69 Å². The van der Waals surface area contributed by atoms with Crippen LogP contribution in [0.2, 0.25) is 0 Å². The first-order valence-electron chi connectivity index (χ1n) is 3.83. The molecule has 0 atom stereocenters. The average molecular weight is 152 g/mol. The standard InChI is InChI=1S/C8H12N2O/c1-3-7-5-9-8(11)10(4-2)6-7/h5-6H,3-4H2,1-2H3. The molecular weight excluding hydrogens is 140 g/mol. The van der Waals surface area contributed by atoms with Gasteiger partial charge in [-0.2, -0.15) is 0 Å². The Kier molecular flexibility index (Phi) is 2.41. The predicted molar refractivity (Wildman–Crippen MR) is 43.5 cm³/mol. The van der Waals surface area contributed by atoms with E-state index in [1.807, 2.05) is 20.0 Å². The zero-order chi connectivity index (χ0) is 8.27. The van der Waals surface area contributed by atoms with Crippen LogP contribution in [-0.4, -0.2) is 9.55 Å². The molecule has 0 aromatic carbocycles. The summed E-state index contributed by atoms with van der Waals surface area (Å²) in [6.07, 6.45) is 4.41. The van der Waals surface area contributed by atoms with Crippen LogP contribution in [-0.2, 0) is 13.0 Å². The molecule has 0 bridgehead atoms. The summed E-state index contributed by atoms with van der Waals surface area (Å²) in [7, 11) is 0. The average Bonchev–Trinajstić information content (AvgIpc) is 2.05. The molecule has 0 aliphatic heterocycles. The predicted octanol–water partition coefficient (Wildman–Crippen LogP) is 0.826. The zero-order valence-corrected chi connectivity index (χ0v) is 6.87. The van der Waals surface area contributed by atoms with E-state index in [9.17, 15) is 4.79 Å². The van der Waals surface area contributed by atoms with Crippen molar-refractivity contribution in [2.75, 3.05) is 0 Å². The molecule has 0 N–H and O–H groups in total. The number of hydrogen-bond donors (Lipinski definition) is 0. The Labute approximate surface area is 65.7 Å². The molecule has 3 nitrogen and oxygen atoms in total. The van der Waals surface area contributed by atoms with Gasteiger partial charge in [0, 0.05) is 18.9 Å². The first-order chi connectivity index (χ1) is 5.27. The monoisotopic (exact) mass is 152 g/mol. The Balaban J connectivity index is 3.13. The van der Waals surface area contributed by atoms with Crippen LogP contribution in [0.25, 0.3) is 0 Å². The summed E-state index contributed by atoms with van der Waals surface area (Å²) in [6.45, 7) is 4.67. The molecule has 0 saturated carbocycles. The Morgan fingerprint density at radius 2 is 2.27 bits per heavy atom. The van der Waals surface area contributed by atoms with Crippen molar-refractivity contribution in [1.82, 2.24) is 9.55 Å². The van der Waals surface area contributed by atoms with Gasteiger partial charge in [-0.3, -0.25) is 4.57 Å². The fraction of sp³-hybridized carbons (Fsp3) is 0.500. The van der Waals surface area contributed by atoms with Crippen molar-refractivity contribution < 1.29 is 0 Å². The normalized spacial score (nSPS) is 10.0. The van der Waals surface area contributed by atoms with Gasteiger partial charge in [-0.1, -0.05) is 6.92 Å². The lowest BCUT2D eigenvalue weighted by Gasteiger charge is -2.01. The molecule has 11 heavy (non-hydrogen) atoms. The maximum atomic E-state index is 11.0. The van der Waals surface area contributed by atoms with E-state index in [1.54, 1.807) is 10.8 Å². The van der Waals surface area contributed by atoms with Crippen molar-refractivity contribution in [1.29, 1.82) is 0 Å². The maximum Gasteiger partial charge on any atom is 0.347 e. The van der Waals surface area contributed by atoms with Crippen molar-refractivity contribution in [3.05, 3.63) is 28.4 Å². The lowest BCUT2D eigenvalue weighted by molar-refractivity contribution is 0.689. The quantitative estimate of drug-likeness (QED) is 0.629. The van der Waals surface area contributed by atoms with Gasteiger partial charge in [0.05, 0.1) is 0 Å². The van der Waals surface area contributed by atoms with Crippen LogP contribution in [0.5, 0.6) is 0 Å². The van der Waals surface area contributed by atoms with Crippen LogP contribution in [0.4, 0.5) is 0 Å². The van der Waals surface area contributed by atoms with Crippen LogP contribution < -0.4 is 5.69 Å². The van der Waals surface area contributed by atoms with E-state index in [2.05, 4.69) is 4.98 Å². The molecule has 0 unspecified atom stereocenters. The Hall–Kier alpha value is -1.12. The van der Waals surface area contributed by atoms with Gasteiger partial charge in [-0.15, -0.1) is 0 Å². The van der Waals surface area contributed by atoms with E-state index in [1.165, 1.54) is 0 Å². The molecule has 0 aliphatic carbocycles. The van der Waals surface area contributed by atoms with Gasteiger partial charge in [0.25, 0.3) is 0 Å². The summed E-state index contributed by atoms with van der Waals surface area (Å²) in [5.74, 6) is 0. The fourth-order valence-corrected chi connectivity index (χ4v) is 0.910. The van der Waals surface area contributed by atoms with Crippen molar-refractivity contribution in [3.63, 3.8) is 0 Å². The Morgan fingerprint density at radius 3 is 2.82 bits per heavy atom. The number of aryl methyl sites for hydroxylation is 2. The SMILES string of the molecule is CCc1cnc(=O)n(CC)c1. The molecular formula is C8H12N2O. The summed E-state index contributed by atoms with van der Waals surface area (Å²) in [6, 6.07) is 0. The molecule has 0 saturated heterocycles. The number of nitrogens with zero attached hydrogens (tertiary/aromatic N) is 2. The van der Waals surface area contributed by atoms with Gasteiger partial charge in [-0.25, -0.2) is 9.78 Å². The molecule has 0 spiro atoms. The molecule has 0 aliphatic rings. The Bertz CT molecular complexity index is 290. The lowest BCUT2D eigenvalue weighted by atomic mass is 10.3. The van der Waals surface area contributed by atoms with Crippen LogP contribution in [0, 0.1) is 0 Å². The second-order valence-corrected chi connectivity index (χ2v) is 2.38. The second kappa shape index (κ2) is 3.32. The fourth-order valence-electron chi connectivity index (χ4n) is 0.910. The largest absolute Gasteiger partial charge is 0.347 e. The number of rotatable bonds is 2. The summed E-state index contributed by atoms with van der Waals surface area (Å²) >= 11 is 0. The maximum absolute atomic E-state index is 11.0. The van der Waals surface area contributed by atoms with Crippen molar-refractivity contribution in [3.8, 4) is 0 Å². The summed E-state index contributed by atoms with van der Waals surface area (Å²) < 4.78 is 1.61. The molecule has 1 aromatic heterocycles. The van der Waals surface area contributed by atoms with Crippen molar-refractivity contribution in [2.24, 2.45) is 0 Å². The van der Waals surface area contributed by atoms with Crippen LogP contribution in [0.1, 0.15) is 19.4 Å². The molecule has 1 rings (SSSR count). The minimum absolute atomic E-state index is 0.162. The lowest BCUT2D eigenvalue weighted by Crippen LogP contribution is -2.21. The molecule has 3 heteroatoms. The van der Waals surface area contributed by atoms with Crippen LogP contribution in [0.15, 0.2) is 17.2 Å². The number of hydrogen-bond acceptors (Lipinski definition) is 2. The summed E-state index contributed by atoms with van der Waals surface area (Å²) in [5.41, 5.74) is 0.941. The first kappa shape index (κ1) is 7.98. The topological polar surface area (TPSA) is 34.9 Å². The molecule has 60 valence electrons. The van der Waals surface area contributed by atoms with E-state index >= 15 is 0 Å².